The number of hydrogen-bond acceptors (Lipinski definition) is 3. The molecule has 0 atom stereocenters. The minimum Gasteiger partial charge on any atom is -0.478 e. The zero-order valence-electron chi connectivity index (χ0n) is 7.99. The van der Waals surface area contributed by atoms with E-state index >= 15 is 0 Å². The molecule has 2 N–H and O–H groups in total. The van der Waals surface area contributed by atoms with E-state index in [1.54, 1.807) is 18.2 Å². The van der Waals surface area contributed by atoms with E-state index in [2.05, 4.69) is 11.6 Å². The highest BCUT2D eigenvalue weighted by Crippen LogP contribution is 2.15. The molecule has 0 aromatic heterocycles. The van der Waals surface area contributed by atoms with Crippen LogP contribution >= 0.6 is 11.9 Å². The highest BCUT2D eigenvalue weighted by Gasteiger charge is 2.02. The molecule has 0 amide bonds. The smallest absolute Gasteiger partial charge is 0.335 e. The van der Waals surface area contributed by atoms with Crippen LogP contribution in [0, 0.1) is 0 Å². The van der Waals surface area contributed by atoms with Crippen molar-refractivity contribution < 1.29 is 9.90 Å². The summed E-state index contributed by atoms with van der Waals surface area (Å²) in [6.07, 6.45) is 1.06. The van der Waals surface area contributed by atoms with Crippen molar-refractivity contribution in [1.82, 2.24) is 4.72 Å². The van der Waals surface area contributed by atoms with Crippen molar-refractivity contribution in [3.05, 3.63) is 29.8 Å². The zero-order chi connectivity index (χ0) is 10.4. The number of rotatable bonds is 5. The molecule has 1 rings (SSSR count). The Hall–Kier alpha value is -1.00. The van der Waals surface area contributed by atoms with Gasteiger partial charge in [-0.05, 0) is 36.6 Å². The molecule has 0 fully saturated rings. The number of carbonyl (C=O) groups is 1. The van der Waals surface area contributed by atoms with E-state index in [0.29, 0.717) is 5.56 Å². The van der Waals surface area contributed by atoms with Crippen LogP contribution in [0.2, 0.25) is 0 Å². The summed E-state index contributed by atoms with van der Waals surface area (Å²) in [7, 11) is 0. The minimum atomic E-state index is -0.886. The molecule has 1 aromatic carbocycles. The summed E-state index contributed by atoms with van der Waals surface area (Å²) >= 11 is 1.46. The summed E-state index contributed by atoms with van der Waals surface area (Å²) in [6, 6.07) is 6.89. The van der Waals surface area contributed by atoms with E-state index in [1.807, 2.05) is 6.07 Å². The largest absolute Gasteiger partial charge is 0.478 e. The van der Waals surface area contributed by atoms with Crippen molar-refractivity contribution in [2.45, 2.75) is 18.2 Å². The molecule has 0 radical (unpaired) electrons. The first kappa shape index (κ1) is 11.1. The van der Waals surface area contributed by atoms with Gasteiger partial charge >= 0.3 is 5.97 Å². The highest BCUT2D eigenvalue weighted by molar-refractivity contribution is 7.97. The summed E-state index contributed by atoms with van der Waals surface area (Å²) in [4.78, 5) is 11.6. The molecule has 0 saturated heterocycles. The molecule has 0 heterocycles. The number of hydrogen-bond donors (Lipinski definition) is 2. The van der Waals surface area contributed by atoms with Crippen molar-refractivity contribution in [2.75, 3.05) is 6.54 Å². The van der Waals surface area contributed by atoms with E-state index in [4.69, 9.17) is 5.11 Å². The first-order valence-corrected chi connectivity index (χ1v) is 5.28. The van der Waals surface area contributed by atoms with Crippen LogP contribution in [0.25, 0.3) is 0 Å². The van der Waals surface area contributed by atoms with Crippen LogP contribution in [-0.4, -0.2) is 17.6 Å². The molecule has 3 nitrogen and oxygen atoms in total. The molecule has 0 spiro atoms. The van der Waals surface area contributed by atoms with Crippen LogP contribution in [0.4, 0.5) is 0 Å². The first-order valence-electron chi connectivity index (χ1n) is 4.47. The van der Waals surface area contributed by atoms with Gasteiger partial charge in [0.2, 0.25) is 0 Å². The number of aromatic carboxylic acids is 1. The quantitative estimate of drug-likeness (QED) is 0.580. The normalized spacial score (nSPS) is 10.1. The predicted molar refractivity (Wildman–Crippen MR) is 57.6 cm³/mol. The molecule has 14 heavy (non-hydrogen) atoms. The Morgan fingerprint density at radius 2 is 2.36 bits per heavy atom. The van der Waals surface area contributed by atoms with Crippen molar-refractivity contribution in [1.29, 1.82) is 0 Å². The van der Waals surface area contributed by atoms with Crippen molar-refractivity contribution in [3.63, 3.8) is 0 Å². The Kier molecular flexibility index (Phi) is 4.49. The van der Waals surface area contributed by atoms with Gasteiger partial charge in [-0.2, -0.15) is 0 Å². The highest BCUT2D eigenvalue weighted by atomic mass is 32.2. The molecule has 0 saturated carbocycles. The fourth-order valence-electron chi connectivity index (χ4n) is 0.929. The lowest BCUT2D eigenvalue weighted by Gasteiger charge is -2.02. The lowest BCUT2D eigenvalue weighted by atomic mass is 10.2. The van der Waals surface area contributed by atoms with Gasteiger partial charge in [0.05, 0.1) is 5.56 Å². The lowest BCUT2D eigenvalue weighted by Crippen LogP contribution is -2.03. The summed E-state index contributed by atoms with van der Waals surface area (Å²) < 4.78 is 3.14. The summed E-state index contributed by atoms with van der Waals surface area (Å²) in [5, 5.41) is 8.75. The molecule has 0 aliphatic heterocycles. The third kappa shape index (κ3) is 3.40. The fraction of sp³-hybridized carbons (Fsp3) is 0.300. The number of carboxylic acids is 1. The number of benzene rings is 1. The second-order valence-corrected chi connectivity index (χ2v) is 3.79. The Morgan fingerprint density at radius 1 is 1.57 bits per heavy atom. The molecule has 0 bridgehead atoms. The molecule has 0 unspecified atom stereocenters. The van der Waals surface area contributed by atoms with E-state index in [1.165, 1.54) is 11.9 Å². The summed E-state index contributed by atoms with van der Waals surface area (Å²) in [5.74, 6) is -0.886. The lowest BCUT2D eigenvalue weighted by molar-refractivity contribution is 0.0696. The van der Waals surface area contributed by atoms with Crippen molar-refractivity contribution in [3.8, 4) is 0 Å². The van der Waals surface area contributed by atoms with Crippen molar-refractivity contribution >= 4 is 17.9 Å². The monoisotopic (exact) mass is 211 g/mol. The fourth-order valence-corrected chi connectivity index (χ4v) is 1.73. The molecule has 1 aromatic rings. The van der Waals surface area contributed by atoms with Gasteiger partial charge in [0.15, 0.2) is 0 Å². The number of nitrogens with one attached hydrogen (secondary N) is 1. The third-order valence-corrected chi connectivity index (χ3v) is 2.46. The molecular weight excluding hydrogens is 198 g/mol. The van der Waals surface area contributed by atoms with Crippen LogP contribution < -0.4 is 4.72 Å². The molecular formula is C10H13NO2S. The van der Waals surface area contributed by atoms with Gasteiger partial charge in [-0.3, -0.25) is 4.72 Å². The zero-order valence-corrected chi connectivity index (χ0v) is 8.80. The van der Waals surface area contributed by atoms with Crippen molar-refractivity contribution in [2.24, 2.45) is 0 Å². The van der Waals surface area contributed by atoms with E-state index in [0.717, 1.165) is 17.9 Å². The van der Waals surface area contributed by atoms with E-state index in [-0.39, 0.29) is 0 Å². The topological polar surface area (TPSA) is 49.3 Å². The Balaban J connectivity index is 2.59. The van der Waals surface area contributed by atoms with Gasteiger partial charge in [0.25, 0.3) is 0 Å². The standard InChI is InChI=1S/C10H13NO2S/c1-2-6-11-14-9-5-3-4-8(7-9)10(12)13/h3-5,7,11H,2,6H2,1H3,(H,12,13). The van der Waals surface area contributed by atoms with Gasteiger partial charge < -0.3 is 5.11 Å². The van der Waals surface area contributed by atoms with Crippen LogP contribution in [0.1, 0.15) is 23.7 Å². The summed E-state index contributed by atoms with van der Waals surface area (Å²) in [5.41, 5.74) is 0.327. The van der Waals surface area contributed by atoms with Crippen LogP contribution in [0.15, 0.2) is 29.2 Å². The first-order chi connectivity index (χ1) is 6.74. The average Bonchev–Trinajstić information content (AvgIpc) is 2.19. The maximum atomic E-state index is 10.7. The van der Waals surface area contributed by atoms with Crippen LogP contribution in [-0.2, 0) is 0 Å². The number of carboxylic acid groups (broad SMARTS) is 1. The average molecular weight is 211 g/mol. The van der Waals surface area contributed by atoms with Gasteiger partial charge in [0.1, 0.15) is 0 Å². The Bertz CT molecular complexity index is 315. The SMILES string of the molecule is CCCNSc1cccc(C(=O)O)c1. The van der Waals surface area contributed by atoms with Gasteiger partial charge in [-0.25, -0.2) is 4.79 Å². The maximum Gasteiger partial charge on any atom is 0.335 e. The Morgan fingerprint density at radius 3 is 3.00 bits per heavy atom. The van der Waals surface area contributed by atoms with Gasteiger partial charge in [-0.1, -0.05) is 13.0 Å². The second kappa shape index (κ2) is 5.67. The molecule has 76 valence electrons. The maximum absolute atomic E-state index is 10.7. The van der Waals surface area contributed by atoms with E-state index < -0.39 is 5.97 Å². The molecule has 4 heteroatoms. The Labute approximate surface area is 87.7 Å². The van der Waals surface area contributed by atoms with Crippen LogP contribution in [0.5, 0.6) is 0 Å². The minimum absolute atomic E-state index is 0.327. The predicted octanol–water partition coefficient (Wildman–Crippen LogP) is 2.39. The van der Waals surface area contributed by atoms with Gasteiger partial charge in [0, 0.05) is 11.4 Å². The van der Waals surface area contributed by atoms with Crippen LogP contribution in [0.3, 0.4) is 0 Å². The molecule has 0 aliphatic rings. The summed E-state index contributed by atoms with van der Waals surface area (Å²) in [6.45, 7) is 3.00. The van der Waals surface area contributed by atoms with E-state index in [9.17, 15) is 4.79 Å². The third-order valence-electron chi connectivity index (χ3n) is 1.62. The second-order valence-electron chi connectivity index (χ2n) is 2.83. The van der Waals surface area contributed by atoms with Gasteiger partial charge in [-0.15, -0.1) is 0 Å². The molecule has 0 aliphatic carbocycles.